The molecule has 0 N–H and O–H groups in total. The van der Waals surface area contributed by atoms with Gasteiger partial charge in [0.05, 0.1) is 4.47 Å². The molecule has 1 rings (SSSR count). The number of hydrogen-bond donors (Lipinski definition) is 0. The molecule has 0 spiro atoms. The molecular formula is C15H20BrF3O3S. The van der Waals surface area contributed by atoms with Crippen LogP contribution in [0, 0.1) is 0 Å². The highest BCUT2D eigenvalue weighted by Crippen LogP contribution is 2.42. The molecule has 132 valence electrons. The molecule has 8 heteroatoms. The van der Waals surface area contributed by atoms with Crippen molar-refractivity contribution in [2.45, 2.75) is 57.9 Å². The molecule has 0 bridgehead atoms. The summed E-state index contributed by atoms with van der Waals surface area (Å²) in [5.41, 5.74) is -5.12. The van der Waals surface area contributed by atoms with Gasteiger partial charge in [-0.2, -0.15) is 21.6 Å². The van der Waals surface area contributed by atoms with Crippen molar-refractivity contribution in [3.63, 3.8) is 0 Å². The molecule has 1 aromatic rings. The average molecular weight is 417 g/mol. The Labute approximate surface area is 143 Å². The zero-order valence-electron chi connectivity index (χ0n) is 13.8. The minimum Gasteiger partial charge on any atom is -0.374 e. The molecule has 0 aromatic heterocycles. The molecule has 1 aromatic carbocycles. The van der Waals surface area contributed by atoms with Crippen molar-refractivity contribution in [3.8, 4) is 5.75 Å². The summed E-state index contributed by atoms with van der Waals surface area (Å²) in [5, 5.41) is 0. The SMILES string of the molecule is CC(C)(C)c1cc(Br)c(OS(=O)(=O)C(F)(F)F)c(C(C)(C)C)c1. The first-order valence-electron chi connectivity index (χ1n) is 6.82. The molecule has 0 saturated carbocycles. The summed E-state index contributed by atoms with van der Waals surface area (Å²) >= 11 is 3.15. The van der Waals surface area contributed by atoms with Crippen LogP contribution in [0.5, 0.6) is 5.75 Å². The van der Waals surface area contributed by atoms with Gasteiger partial charge in [-0.3, -0.25) is 0 Å². The minimum atomic E-state index is -5.73. The fraction of sp³-hybridized carbons (Fsp3) is 0.600. The van der Waals surface area contributed by atoms with Crippen molar-refractivity contribution in [2.24, 2.45) is 0 Å². The van der Waals surface area contributed by atoms with E-state index < -0.39 is 21.0 Å². The summed E-state index contributed by atoms with van der Waals surface area (Å²) in [7, 11) is -5.73. The average Bonchev–Trinajstić information content (AvgIpc) is 2.26. The van der Waals surface area contributed by atoms with E-state index in [9.17, 15) is 21.6 Å². The van der Waals surface area contributed by atoms with Crippen LogP contribution in [0.4, 0.5) is 13.2 Å². The van der Waals surface area contributed by atoms with Crippen molar-refractivity contribution in [1.29, 1.82) is 0 Å². The van der Waals surface area contributed by atoms with Crippen molar-refractivity contribution < 1.29 is 25.8 Å². The third kappa shape index (κ3) is 4.62. The molecule has 0 aliphatic rings. The lowest BCUT2D eigenvalue weighted by Crippen LogP contribution is -2.29. The van der Waals surface area contributed by atoms with Crippen molar-refractivity contribution >= 4 is 26.0 Å². The molecule has 23 heavy (non-hydrogen) atoms. The Kier molecular flexibility index (Phi) is 5.25. The number of hydrogen-bond acceptors (Lipinski definition) is 3. The highest BCUT2D eigenvalue weighted by Gasteiger charge is 2.49. The van der Waals surface area contributed by atoms with Crippen molar-refractivity contribution in [3.05, 3.63) is 27.7 Å². The van der Waals surface area contributed by atoms with E-state index in [4.69, 9.17) is 0 Å². The summed E-state index contributed by atoms with van der Waals surface area (Å²) in [4.78, 5) is 0. The van der Waals surface area contributed by atoms with Gasteiger partial charge >= 0.3 is 15.6 Å². The minimum absolute atomic E-state index is 0.169. The second-order valence-corrected chi connectivity index (χ2v) is 9.71. The van der Waals surface area contributed by atoms with Crippen molar-refractivity contribution in [2.75, 3.05) is 0 Å². The van der Waals surface area contributed by atoms with Gasteiger partial charge in [-0.15, -0.1) is 0 Å². The molecule has 0 fully saturated rings. The number of halogens is 4. The van der Waals surface area contributed by atoms with Crippen molar-refractivity contribution in [1.82, 2.24) is 0 Å². The predicted molar refractivity (Wildman–Crippen MR) is 87.1 cm³/mol. The molecule has 0 heterocycles. The van der Waals surface area contributed by atoms with Crippen LogP contribution in [0.25, 0.3) is 0 Å². The fourth-order valence-electron chi connectivity index (χ4n) is 1.83. The van der Waals surface area contributed by atoms with E-state index in [0.717, 1.165) is 5.56 Å². The second-order valence-electron chi connectivity index (χ2n) is 7.32. The molecular weight excluding hydrogens is 397 g/mol. The van der Waals surface area contributed by atoms with Gasteiger partial charge < -0.3 is 4.18 Å². The van der Waals surface area contributed by atoms with Gasteiger partial charge in [-0.05, 0) is 38.4 Å². The smallest absolute Gasteiger partial charge is 0.374 e. The Morgan fingerprint density at radius 2 is 1.43 bits per heavy atom. The lowest BCUT2D eigenvalue weighted by atomic mass is 9.80. The van der Waals surface area contributed by atoms with Gasteiger partial charge in [-0.25, -0.2) is 0 Å². The molecule has 0 aliphatic carbocycles. The third-order valence-corrected chi connectivity index (χ3v) is 4.74. The summed E-state index contributed by atoms with van der Waals surface area (Å²) < 4.78 is 65.2. The maximum absolute atomic E-state index is 12.6. The Morgan fingerprint density at radius 1 is 0.957 bits per heavy atom. The lowest BCUT2D eigenvalue weighted by Gasteiger charge is -2.28. The molecule has 0 aliphatic heterocycles. The Hall–Kier alpha value is -0.760. The first kappa shape index (κ1) is 20.3. The standard InChI is InChI=1S/C15H20BrF3O3S/c1-13(2,3)9-7-10(14(4,5)6)12(11(16)8-9)22-23(20,21)15(17,18)19/h7-8H,1-6H3. The zero-order chi connectivity index (χ0) is 18.4. The Morgan fingerprint density at radius 3 is 1.78 bits per heavy atom. The van der Waals surface area contributed by atoms with Gasteiger partial charge in [0.15, 0.2) is 5.75 Å². The van der Waals surface area contributed by atoms with Crippen LogP contribution >= 0.6 is 15.9 Å². The van der Waals surface area contributed by atoms with E-state index in [1.54, 1.807) is 32.9 Å². The topological polar surface area (TPSA) is 43.4 Å². The van der Waals surface area contributed by atoms with Crippen LogP contribution in [-0.2, 0) is 20.9 Å². The van der Waals surface area contributed by atoms with Gasteiger partial charge in [0.1, 0.15) is 0 Å². The maximum atomic E-state index is 12.6. The summed E-state index contributed by atoms with van der Waals surface area (Å²) in [6.07, 6.45) is 0. The third-order valence-electron chi connectivity index (χ3n) is 3.19. The lowest BCUT2D eigenvalue weighted by molar-refractivity contribution is -0.0500. The van der Waals surface area contributed by atoms with Crippen LogP contribution in [0.1, 0.15) is 52.7 Å². The molecule has 0 saturated heterocycles. The number of benzene rings is 1. The summed E-state index contributed by atoms with van der Waals surface area (Å²) in [6, 6.07) is 3.27. The molecule has 0 atom stereocenters. The largest absolute Gasteiger partial charge is 0.534 e. The molecule has 0 radical (unpaired) electrons. The van der Waals surface area contributed by atoms with E-state index in [0.29, 0.717) is 5.56 Å². The highest BCUT2D eigenvalue weighted by molar-refractivity contribution is 9.10. The van der Waals surface area contributed by atoms with Gasteiger partial charge in [0, 0.05) is 5.56 Å². The number of rotatable bonds is 2. The maximum Gasteiger partial charge on any atom is 0.534 e. The molecule has 0 unspecified atom stereocenters. The van der Waals surface area contributed by atoms with Crippen LogP contribution in [0.15, 0.2) is 16.6 Å². The Balaban J connectivity index is 3.62. The first-order chi connectivity index (χ1) is 9.97. The summed E-state index contributed by atoms with van der Waals surface area (Å²) in [5.74, 6) is -0.331. The first-order valence-corrected chi connectivity index (χ1v) is 9.02. The van der Waals surface area contributed by atoms with Gasteiger partial charge in [0.2, 0.25) is 0 Å². The van der Waals surface area contributed by atoms with E-state index in [-0.39, 0.29) is 15.6 Å². The second kappa shape index (κ2) is 5.95. The summed E-state index contributed by atoms with van der Waals surface area (Å²) in [6.45, 7) is 11.2. The fourth-order valence-corrected chi connectivity index (χ4v) is 2.97. The molecule has 3 nitrogen and oxygen atoms in total. The van der Waals surface area contributed by atoms with E-state index in [2.05, 4.69) is 20.1 Å². The number of alkyl halides is 3. The highest BCUT2D eigenvalue weighted by atomic mass is 79.9. The van der Waals surface area contributed by atoms with Crippen LogP contribution in [0.2, 0.25) is 0 Å². The van der Waals surface area contributed by atoms with E-state index in [1.807, 2.05) is 20.8 Å². The van der Waals surface area contributed by atoms with Crippen LogP contribution < -0.4 is 4.18 Å². The van der Waals surface area contributed by atoms with Crippen LogP contribution in [0.3, 0.4) is 0 Å². The quantitative estimate of drug-likeness (QED) is 0.486. The van der Waals surface area contributed by atoms with E-state index in [1.165, 1.54) is 0 Å². The van der Waals surface area contributed by atoms with Gasteiger partial charge in [-0.1, -0.05) is 47.6 Å². The molecule has 0 amide bonds. The van der Waals surface area contributed by atoms with Crippen LogP contribution in [-0.4, -0.2) is 13.9 Å². The normalized spacial score (nSPS) is 14.0. The Bertz CT molecular complexity index is 696. The monoisotopic (exact) mass is 416 g/mol. The predicted octanol–water partition coefficient (Wildman–Crippen LogP) is 5.27. The zero-order valence-corrected chi connectivity index (χ0v) is 16.2. The van der Waals surface area contributed by atoms with E-state index >= 15 is 0 Å². The van der Waals surface area contributed by atoms with Gasteiger partial charge in [0.25, 0.3) is 0 Å².